The number of para-hydroxylation sites is 1. The molecule has 1 fully saturated rings. The number of hydrogen-bond acceptors (Lipinski definition) is 6. The van der Waals surface area contributed by atoms with Gasteiger partial charge in [-0.05, 0) is 42.7 Å². The highest BCUT2D eigenvalue weighted by molar-refractivity contribution is 7.22. The van der Waals surface area contributed by atoms with E-state index in [9.17, 15) is 4.79 Å². The first kappa shape index (κ1) is 19.6. The van der Waals surface area contributed by atoms with E-state index >= 15 is 0 Å². The summed E-state index contributed by atoms with van der Waals surface area (Å²) in [6.45, 7) is 2.18. The van der Waals surface area contributed by atoms with E-state index < -0.39 is 0 Å². The number of rotatable bonds is 5. The molecule has 1 unspecified atom stereocenters. The Bertz CT molecular complexity index is 1050. The summed E-state index contributed by atoms with van der Waals surface area (Å²) in [5, 5.41) is 1.15. The maximum atomic E-state index is 13.4. The number of hydrogen-bond donors (Lipinski definition) is 0. The summed E-state index contributed by atoms with van der Waals surface area (Å²) in [7, 11) is 0. The van der Waals surface area contributed by atoms with Gasteiger partial charge in [0.25, 0.3) is 0 Å². The largest absolute Gasteiger partial charge is 0.486 e. The van der Waals surface area contributed by atoms with Crippen LogP contribution >= 0.6 is 22.9 Å². The van der Waals surface area contributed by atoms with Crippen LogP contribution in [0.15, 0.2) is 36.4 Å². The molecule has 8 heteroatoms. The topological polar surface area (TPSA) is 60.9 Å². The van der Waals surface area contributed by atoms with Gasteiger partial charge in [0.2, 0.25) is 5.91 Å². The van der Waals surface area contributed by atoms with Crippen LogP contribution in [0.1, 0.15) is 18.4 Å². The first-order chi connectivity index (χ1) is 14.7. The highest BCUT2D eigenvalue weighted by Gasteiger charge is 2.27. The van der Waals surface area contributed by atoms with Crippen LogP contribution in [-0.4, -0.2) is 43.4 Å². The van der Waals surface area contributed by atoms with Crippen LogP contribution in [0.5, 0.6) is 11.5 Å². The van der Waals surface area contributed by atoms with Gasteiger partial charge in [-0.3, -0.25) is 9.69 Å². The van der Waals surface area contributed by atoms with Crippen LogP contribution in [-0.2, 0) is 16.0 Å². The first-order valence-corrected chi connectivity index (χ1v) is 11.2. The summed E-state index contributed by atoms with van der Waals surface area (Å²) < 4.78 is 18.1. The third kappa shape index (κ3) is 3.97. The van der Waals surface area contributed by atoms with Crippen LogP contribution in [0, 0.1) is 0 Å². The van der Waals surface area contributed by atoms with Crippen molar-refractivity contribution in [2.75, 3.05) is 31.3 Å². The lowest BCUT2D eigenvalue weighted by molar-refractivity contribution is -0.118. The number of halogens is 1. The molecule has 0 spiro atoms. The molecule has 1 amide bonds. The van der Waals surface area contributed by atoms with Crippen molar-refractivity contribution in [3.8, 4) is 11.5 Å². The summed E-state index contributed by atoms with van der Waals surface area (Å²) >= 11 is 7.88. The van der Waals surface area contributed by atoms with E-state index in [0.717, 1.165) is 35.2 Å². The van der Waals surface area contributed by atoms with Gasteiger partial charge in [0.1, 0.15) is 13.2 Å². The maximum Gasteiger partial charge on any atom is 0.233 e. The number of aromatic nitrogens is 1. The summed E-state index contributed by atoms with van der Waals surface area (Å²) in [5.74, 6) is 1.08. The smallest absolute Gasteiger partial charge is 0.233 e. The molecule has 2 aromatic carbocycles. The molecule has 156 valence electrons. The van der Waals surface area contributed by atoms with Crippen molar-refractivity contribution < 1.29 is 19.0 Å². The first-order valence-electron chi connectivity index (χ1n) is 10.0. The molecule has 0 radical (unpaired) electrons. The highest BCUT2D eigenvalue weighted by Crippen LogP contribution is 2.39. The Hall–Kier alpha value is -2.35. The van der Waals surface area contributed by atoms with Gasteiger partial charge in [0.15, 0.2) is 16.6 Å². The van der Waals surface area contributed by atoms with Gasteiger partial charge in [-0.25, -0.2) is 4.98 Å². The van der Waals surface area contributed by atoms with Gasteiger partial charge in [0, 0.05) is 6.61 Å². The van der Waals surface area contributed by atoms with Crippen molar-refractivity contribution in [3.05, 3.63) is 47.0 Å². The number of carbonyl (C=O) groups excluding carboxylic acids is 1. The molecule has 2 aliphatic heterocycles. The fraction of sp³-hybridized carbons (Fsp3) is 0.364. The molecule has 1 atom stereocenters. The highest BCUT2D eigenvalue weighted by atomic mass is 35.5. The Morgan fingerprint density at radius 2 is 2.07 bits per heavy atom. The van der Waals surface area contributed by atoms with Gasteiger partial charge in [0.05, 0.1) is 34.3 Å². The molecule has 3 heterocycles. The average Bonchev–Trinajstić information content (AvgIpc) is 3.41. The number of ether oxygens (including phenoxy) is 3. The molecule has 1 saturated heterocycles. The van der Waals surface area contributed by atoms with Crippen molar-refractivity contribution >= 4 is 44.2 Å². The summed E-state index contributed by atoms with van der Waals surface area (Å²) in [5.41, 5.74) is 1.68. The number of anilines is 1. The lowest BCUT2D eigenvalue weighted by Crippen LogP contribution is -2.38. The van der Waals surface area contributed by atoms with E-state index in [1.807, 2.05) is 30.3 Å². The van der Waals surface area contributed by atoms with Crippen LogP contribution in [0.2, 0.25) is 5.02 Å². The molecule has 0 aliphatic carbocycles. The fourth-order valence-electron chi connectivity index (χ4n) is 3.79. The van der Waals surface area contributed by atoms with Crippen LogP contribution < -0.4 is 14.4 Å². The number of carbonyl (C=O) groups is 1. The predicted octanol–water partition coefficient (Wildman–Crippen LogP) is 4.48. The van der Waals surface area contributed by atoms with Crippen molar-refractivity contribution in [1.29, 1.82) is 0 Å². The molecule has 3 aromatic rings. The Labute approximate surface area is 183 Å². The molecule has 1 aromatic heterocycles. The second-order valence-corrected chi connectivity index (χ2v) is 8.80. The molecular formula is C22H21ClN2O4S. The number of nitrogens with zero attached hydrogens (tertiary/aromatic N) is 2. The molecular weight excluding hydrogens is 424 g/mol. The Morgan fingerprint density at radius 1 is 1.20 bits per heavy atom. The minimum absolute atomic E-state index is 0.0322. The van der Waals surface area contributed by atoms with Crippen molar-refractivity contribution in [3.63, 3.8) is 0 Å². The standard InChI is InChI=1S/C22H21ClN2O4S/c23-16-10-14(11-18-21(16)29-9-8-28-18)12-20(26)25(13-15-4-3-7-27-15)22-24-17-5-1-2-6-19(17)30-22/h1-2,5-6,10-11,15H,3-4,7-9,12-13H2. The molecule has 0 saturated carbocycles. The number of amides is 1. The third-order valence-electron chi connectivity index (χ3n) is 5.24. The zero-order chi connectivity index (χ0) is 20.5. The van der Waals surface area contributed by atoms with Crippen LogP contribution in [0.25, 0.3) is 10.2 Å². The van der Waals surface area contributed by atoms with Gasteiger partial charge in [-0.15, -0.1) is 0 Å². The average molecular weight is 445 g/mol. The summed E-state index contributed by atoms with van der Waals surface area (Å²) in [6.07, 6.45) is 2.19. The SMILES string of the molecule is O=C(Cc1cc(Cl)c2c(c1)OCCO2)N(CC1CCCO1)c1nc2ccccc2s1. The number of thiazole rings is 1. The maximum absolute atomic E-state index is 13.4. The Kier molecular flexibility index (Phi) is 5.50. The monoisotopic (exact) mass is 444 g/mol. The third-order valence-corrected chi connectivity index (χ3v) is 6.58. The zero-order valence-corrected chi connectivity index (χ0v) is 17.9. The molecule has 2 aliphatic rings. The fourth-order valence-corrected chi connectivity index (χ4v) is 5.07. The van der Waals surface area contributed by atoms with E-state index in [-0.39, 0.29) is 18.4 Å². The van der Waals surface area contributed by atoms with Crippen LogP contribution in [0.3, 0.4) is 0 Å². The van der Waals surface area contributed by atoms with E-state index in [0.29, 0.717) is 41.4 Å². The second kappa shape index (κ2) is 8.41. The summed E-state index contributed by atoms with van der Waals surface area (Å²) in [4.78, 5) is 19.8. The molecule has 0 bridgehead atoms. The lowest BCUT2D eigenvalue weighted by atomic mass is 10.1. The van der Waals surface area contributed by atoms with Crippen molar-refractivity contribution in [1.82, 2.24) is 4.98 Å². The zero-order valence-electron chi connectivity index (χ0n) is 16.3. The van der Waals surface area contributed by atoms with E-state index in [1.54, 1.807) is 11.0 Å². The van der Waals surface area contributed by atoms with E-state index in [4.69, 9.17) is 30.8 Å². The van der Waals surface area contributed by atoms with Gasteiger partial charge in [-0.2, -0.15) is 0 Å². The normalized spacial score (nSPS) is 18.0. The minimum Gasteiger partial charge on any atom is -0.486 e. The Morgan fingerprint density at radius 3 is 2.90 bits per heavy atom. The van der Waals surface area contributed by atoms with Crippen molar-refractivity contribution in [2.24, 2.45) is 0 Å². The van der Waals surface area contributed by atoms with Crippen molar-refractivity contribution in [2.45, 2.75) is 25.4 Å². The minimum atomic E-state index is -0.0442. The number of fused-ring (bicyclic) bond motifs is 2. The van der Waals surface area contributed by atoms with E-state index in [1.165, 1.54) is 11.3 Å². The van der Waals surface area contributed by atoms with Gasteiger partial charge in [-0.1, -0.05) is 35.1 Å². The Balaban J connectivity index is 1.43. The molecule has 5 rings (SSSR count). The molecule has 30 heavy (non-hydrogen) atoms. The van der Waals surface area contributed by atoms with Crippen LogP contribution in [0.4, 0.5) is 5.13 Å². The molecule has 6 nitrogen and oxygen atoms in total. The van der Waals surface area contributed by atoms with E-state index in [2.05, 4.69) is 0 Å². The lowest BCUT2D eigenvalue weighted by Gasteiger charge is -2.24. The number of benzene rings is 2. The predicted molar refractivity (Wildman–Crippen MR) is 117 cm³/mol. The summed E-state index contributed by atoms with van der Waals surface area (Å²) in [6, 6.07) is 11.5. The second-order valence-electron chi connectivity index (χ2n) is 7.38. The quantitative estimate of drug-likeness (QED) is 0.580. The van der Waals surface area contributed by atoms with Gasteiger partial charge < -0.3 is 14.2 Å². The molecule has 0 N–H and O–H groups in total. The van der Waals surface area contributed by atoms with Gasteiger partial charge >= 0.3 is 0 Å².